The second-order valence-electron chi connectivity index (χ2n) is 2.58. The maximum absolute atomic E-state index is 8.56. The fourth-order valence-corrected chi connectivity index (χ4v) is 1.11. The van der Waals surface area contributed by atoms with Gasteiger partial charge in [-0.05, 0) is 12.5 Å². The van der Waals surface area contributed by atoms with Gasteiger partial charge in [0.1, 0.15) is 0 Å². The van der Waals surface area contributed by atoms with Gasteiger partial charge in [-0.25, -0.2) is 0 Å². The number of allylic oxidation sites excluding steroid dienone is 1. The van der Waals surface area contributed by atoms with Crippen LogP contribution in [0, 0.1) is 11.3 Å². The second-order valence-corrected chi connectivity index (χ2v) is 2.58. The molecule has 0 aromatic heterocycles. The molecule has 0 saturated carbocycles. The van der Waals surface area contributed by atoms with Crippen LogP contribution in [-0.4, -0.2) is 6.54 Å². The molecule has 0 atom stereocenters. The van der Waals surface area contributed by atoms with Crippen molar-refractivity contribution in [2.24, 2.45) is 0 Å². The first-order valence-corrected chi connectivity index (χ1v) is 4.27. The molecule has 13 heavy (non-hydrogen) atoms. The zero-order chi connectivity index (χ0) is 9.52. The highest BCUT2D eigenvalue weighted by Gasteiger charge is 1.96. The minimum atomic E-state index is 0.822. The Morgan fingerprint density at radius 3 is 2.69 bits per heavy atom. The molecule has 0 unspecified atom stereocenters. The third kappa shape index (κ3) is 2.64. The van der Waals surface area contributed by atoms with Crippen LogP contribution in [0.4, 0.5) is 0 Å². The van der Waals surface area contributed by atoms with Crippen LogP contribution in [0.5, 0.6) is 0 Å². The summed E-state index contributed by atoms with van der Waals surface area (Å²) in [5.41, 5.74) is 1.93. The fourth-order valence-electron chi connectivity index (χ4n) is 1.11. The molecule has 66 valence electrons. The van der Waals surface area contributed by atoms with Crippen molar-refractivity contribution in [3.8, 4) is 6.07 Å². The van der Waals surface area contributed by atoms with E-state index in [-0.39, 0.29) is 0 Å². The molecule has 0 fully saturated rings. The highest BCUT2D eigenvalue weighted by Crippen LogP contribution is 2.09. The predicted molar refractivity (Wildman–Crippen MR) is 53.7 cm³/mol. The molecule has 1 aromatic carbocycles. The Bertz CT molecular complexity index is 320. The number of hydrogen-bond donors (Lipinski definition) is 1. The Morgan fingerprint density at radius 2 is 2.15 bits per heavy atom. The Labute approximate surface area is 78.5 Å². The molecule has 2 heteroatoms. The van der Waals surface area contributed by atoms with Gasteiger partial charge in [0.2, 0.25) is 0 Å². The highest BCUT2D eigenvalue weighted by atomic mass is 14.9. The van der Waals surface area contributed by atoms with Gasteiger partial charge in [-0.3, -0.25) is 0 Å². The van der Waals surface area contributed by atoms with Crippen molar-refractivity contribution in [2.45, 2.75) is 6.92 Å². The van der Waals surface area contributed by atoms with Gasteiger partial charge in [-0.15, -0.1) is 0 Å². The molecule has 0 aliphatic carbocycles. The van der Waals surface area contributed by atoms with E-state index in [1.54, 1.807) is 0 Å². The molecule has 1 rings (SSSR count). The number of nitrogens with one attached hydrogen (secondary N) is 1. The summed E-state index contributed by atoms with van der Waals surface area (Å²) in [6, 6.07) is 11.9. The first-order valence-electron chi connectivity index (χ1n) is 4.27. The van der Waals surface area contributed by atoms with Gasteiger partial charge in [0.05, 0.1) is 11.8 Å². The van der Waals surface area contributed by atoms with E-state index >= 15 is 0 Å². The topological polar surface area (TPSA) is 35.8 Å². The summed E-state index contributed by atoms with van der Waals surface area (Å²) in [4.78, 5) is 0. The first-order chi connectivity index (χ1) is 6.38. The van der Waals surface area contributed by atoms with E-state index in [1.807, 2.05) is 43.3 Å². The number of nitriles is 1. The first kappa shape index (κ1) is 9.34. The number of rotatable bonds is 3. The Morgan fingerprint density at radius 1 is 1.46 bits per heavy atom. The Hall–Kier alpha value is -1.75. The van der Waals surface area contributed by atoms with Crippen LogP contribution in [0.3, 0.4) is 0 Å². The molecule has 0 heterocycles. The van der Waals surface area contributed by atoms with Crippen LogP contribution in [0.15, 0.2) is 36.4 Å². The summed E-state index contributed by atoms with van der Waals surface area (Å²) in [5.74, 6) is 0. The molecule has 1 N–H and O–H groups in total. The average Bonchev–Trinajstić information content (AvgIpc) is 2.19. The van der Waals surface area contributed by atoms with E-state index in [9.17, 15) is 0 Å². The van der Waals surface area contributed by atoms with Gasteiger partial charge in [0, 0.05) is 12.6 Å². The summed E-state index contributed by atoms with van der Waals surface area (Å²) in [6.45, 7) is 2.83. The van der Waals surface area contributed by atoms with E-state index in [1.165, 1.54) is 6.08 Å². The minimum absolute atomic E-state index is 0.822. The lowest BCUT2D eigenvalue weighted by Crippen LogP contribution is -2.10. The molecule has 0 aliphatic heterocycles. The van der Waals surface area contributed by atoms with E-state index in [0.29, 0.717) is 0 Å². The van der Waals surface area contributed by atoms with Crippen LogP contribution >= 0.6 is 0 Å². The molecular weight excluding hydrogens is 160 g/mol. The van der Waals surface area contributed by atoms with Gasteiger partial charge in [-0.2, -0.15) is 5.26 Å². The molecule has 0 amide bonds. The zero-order valence-electron chi connectivity index (χ0n) is 7.62. The summed E-state index contributed by atoms with van der Waals surface area (Å²) in [6.07, 6.45) is 1.53. The van der Waals surface area contributed by atoms with Gasteiger partial charge in [0.15, 0.2) is 0 Å². The van der Waals surface area contributed by atoms with Gasteiger partial charge < -0.3 is 5.32 Å². The van der Waals surface area contributed by atoms with E-state index < -0.39 is 0 Å². The lowest BCUT2D eigenvalue weighted by Gasteiger charge is -2.06. The Kier molecular flexibility index (Phi) is 3.59. The standard InChI is InChI=1S/C11H12N2/c1-2-13-11(8-9-12)10-6-4-3-5-7-10/h3-8,13H,2H2,1H3/b11-8+. The van der Waals surface area contributed by atoms with Crippen molar-refractivity contribution in [3.63, 3.8) is 0 Å². The number of hydrogen-bond acceptors (Lipinski definition) is 2. The van der Waals surface area contributed by atoms with Crippen molar-refractivity contribution >= 4 is 5.70 Å². The van der Waals surface area contributed by atoms with Crippen LogP contribution in [0.2, 0.25) is 0 Å². The van der Waals surface area contributed by atoms with Gasteiger partial charge in [-0.1, -0.05) is 30.3 Å². The maximum atomic E-state index is 8.56. The third-order valence-corrected chi connectivity index (χ3v) is 1.66. The largest absolute Gasteiger partial charge is 0.384 e. The molecule has 0 aliphatic rings. The van der Waals surface area contributed by atoms with Crippen molar-refractivity contribution in [2.75, 3.05) is 6.54 Å². The van der Waals surface area contributed by atoms with Crippen molar-refractivity contribution in [3.05, 3.63) is 42.0 Å². The molecule has 2 nitrogen and oxygen atoms in total. The fraction of sp³-hybridized carbons (Fsp3) is 0.182. The quantitative estimate of drug-likeness (QED) is 0.709. The van der Waals surface area contributed by atoms with E-state index in [4.69, 9.17) is 5.26 Å². The Balaban J connectivity index is 2.91. The lowest BCUT2D eigenvalue weighted by atomic mass is 10.1. The summed E-state index contributed by atoms with van der Waals surface area (Å²) < 4.78 is 0. The zero-order valence-corrected chi connectivity index (χ0v) is 7.62. The molecule has 0 spiro atoms. The average molecular weight is 172 g/mol. The van der Waals surface area contributed by atoms with Crippen LogP contribution in [-0.2, 0) is 0 Å². The smallest absolute Gasteiger partial charge is 0.0933 e. The minimum Gasteiger partial charge on any atom is -0.384 e. The SMILES string of the molecule is CCN/C(=C/C#N)c1ccccc1. The molecule has 0 saturated heterocycles. The van der Waals surface area contributed by atoms with Crippen molar-refractivity contribution in [1.82, 2.24) is 5.32 Å². The number of nitrogens with zero attached hydrogens (tertiary/aromatic N) is 1. The van der Waals surface area contributed by atoms with Crippen molar-refractivity contribution < 1.29 is 0 Å². The monoisotopic (exact) mass is 172 g/mol. The summed E-state index contributed by atoms with van der Waals surface area (Å²) >= 11 is 0. The van der Waals surface area contributed by atoms with Crippen molar-refractivity contribution in [1.29, 1.82) is 5.26 Å². The van der Waals surface area contributed by atoms with Crippen LogP contribution < -0.4 is 5.32 Å². The number of benzene rings is 1. The van der Waals surface area contributed by atoms with E-state index in [0.717, 1.165) is 17.8 Å². The van der Waals surface area contributed by atoms with Gasteiger partial charge in [0.25, 0.3) is 0 Å². The highest BCUT2D eigenvalue weighted by molar-refractivity contribution is 5.65. The lowest BCUT2D eigenvalue weighted by molar-refractivity contribution is 0.940. The molecule has 0 radical (unpaired) electrons. The van der Waals surface area contributed by atoms with Gasteiger partial charge >= 0.3 is 0 Å². The molecule has 0 bridgehead atoms. The van der Waals surface area contributed by atoms with Crippen LogP contribution in [0.1, 0.15) is 12.5 Å². The molecule has 1 aromatic rings. The van der Waals surface area contributed by atoms with Crippen LogP contribution in [0.25, 0.3) is 5.70 Å². The third-order valence-electron chi connectivity index (χ3n) is 1.66. The second kappa shape index (κ2) is 5.00. The maximum Gasteiger partial charge on any atom is 0.0933 e. The van der Waals surface area contributed by atoms with E-state index in [2.05, 4.69) is 5.32 Å². The molecular formula is C11H12N2. The normalized spacial score (nSPS) is 10.6. The summed E-state index contributed by atoms with van der Waals surface area (Å²) in [5, 5.41) is 11.7. The summed E-state index contributed by atoms with van der Waals surface area (Å²) in [7, 11) is 0. The predicted octanol–water partition coefficient (Wildman–Crippen LogP) is 2.16.